The van der Waals surface area contributed by atoms with Crippen molar-refractivity contribution >= 4 is 38.1 Å². The molecule has 0 N–H and O–H groups in total. The summed E-state index contributed by atoms with van der Waals surface area (Å²) in [6.07, 6.45) is -0.547. The summed E-state index contributed by atoms with van der Waals surface area (Å²) >= 11 is 6.49. The number of aryl methyl sites for hydroxylation is 1. The van der Waals surface area contributed by atoms with Gasteiger partial charge in [-0.1, -0.05) is 136 Å². The number of furan rings is 4. The molecule has 7 aromatic rings. The molecule has 0 unspecified atom stereocenters. The number of methoxy groups -OCH3 is 6. The largest absolute Gasteiger partial charge is 0.461 e. The van der Waals surface area contributed by atoms with E-state index in [1.165, 1.54) is 0 Å². The fraction of sp³-hybridized carbons (Fsp3) is 0.314. The summed E-state index contributed by atoms with van der Waals surface area (Å²) in [6, 6.07) is 44.1. The lowest BCUT2D eigenvalue weighted by molar-refractivity contribution is -0.118. The lowest BCUT2D eigenvalue weighted by Crippen LogP contribution is -2.01. The van der Waals surface area contributed by atoms with Gasteiger partial charge >= 0.3 is 0 Å². The monoisotopic (exact) mass is 1010 g/mol. The highest BCUT2D eigenvalue weighted by Crippen LogP contribution is 2.27. The number of carbonyl (C=O) groups is 1. The van der Waals surface area contributed by atoms with Crippen molar-refractivity contribution in [3.05, 3.63) is 177 Å². The third kappa shape index (κ3) is 22.7. The van der Waals surface area contributed by atoms with Crippen LogP contribution in [-0.2, 0) is 28.4 Å². The van der Waals surface area contributed by atoms with Crippen molar-refractivity contribution in [2.45, 2.75) is 67.3 Å². The average molecular weight is 1010 g/mol. The van der Waals surface area contributed by atoms with Crippen LogP contribution in [0.4, 0.5) is 0 Å². The number of hydrogen-bond acceptors (Lipinski definition) is 11. The Balaban J connectivity index is 0.000000765. The van der Waals surface area contributed by atoms with Crippen LogP contribution in [0.5, 0.6) is 0 Å². The molecule has 4 heterocycles. The predicted octanol–water partition coefficient (Wildman–Crippen LogP) is 15.7. The zero-order chi connectivity index (χ0) is 48.1. The van der Waals surface area contributed by atoms with Crippen molar-refractivity contribution in [2.24, 2.45) is 0 Å². The van der Waals surface area contributed by atoms with Gasteiger partial charge in [-0.3, -0.25) is 4.79 Å². The van der Waals surface area contributed by atoms with Crippen LogP contribution in [0.15, 0.2) is 166 Å². The molecule has 0 radical (unpaired) electrons. The van der Waals surface area contributed by atoms with Crippen LogP contribution in [0.1, 0.15) is 94.0 Å². The Morgan fingerprint density at radius 1 is 0.422 bits per heavy atom. The van der Waals surface area contributed by atoms with Gasteiger partial charge in [0.2, 0.25) is 18.9 Å². The van der Waals surface area contributed by atoms with Gasteiger partial charge in [-0.25, -0.2) is 0 Å². The van der Waals surface area contributed by atoms with Gasteiger partial charge in [-0.15, -0.1) is 0 Å². The zero-order valence-corrected chi connectivity index (χ0v) is 42.5. The van der Waals surface area contributed by atoms with Crippen LogP contribution in [0.25, 0.3) is 22.6 Å². The van der Waals surface area contributed by atoms with Crippen LogP contribution < -0.4 is 0 Å². The van der Waals surface area contributed by atoms with E-state index >= 15 is 0 Å². The number of halogens is 2. The predicted molar refractivity (Wildman–Crippen MR) is 262 cm³/mol. The molecule has 0 aliphatic carbocycles. The molecule has 13 heteroatoms. The number of hydrogen-bond donors (Lipinski definition) is 0. The average Bonchev–Trinajstić information content (AvgIpc) is 4.21. The molecule has 64 heavy (non-hydrogen) atoms. The first-order valence-corrected chi connectivity index (χ1v) is 22.2. The van der Waals surface area contributed by atoms with Crippen molar-refractivity contribution in [3.63, 3.8) is 0 Å². The van der Waals surface area contributed by atoms with E-state index in [9.17, 15) is 4.79 Å². The Morgan fingerprint density at radius 2 is 0.781 bits per heavy atom. The maximum absolute atomic E-state index is 10.4. The molecule has 0 bridgehead atoms. The maximum Gasteiger partial charge on any atom is 0.216 e. The number of rotatable bonds is 12. The topological polar surface area (TPSA) is 125 Å². The maximum atomic E-state index is 10.4. The molecule has 0 aliphatic rings. The van der Waals surface area contributed by atoms with E-state index in [1.807, 2.05) is 164 Å². The van der Waals surface area contributed by atoms with Gasteiger partial charge in [0.25, 0.3) is 0 Å². The SMILES string of the molecule is Brc1ccccc1.CC.CC.CC.COC(OC)c1ccc(-c2ccccc2)o1.COC(OC)c1ccc(Br)o1.COC(OC)c1ccc(C)o1.O=Cc1ccc(-c2ccccc2)o1. The molecule has 3 aromatic carbocycles. The first-order valence-electron chi connectivity index (χ1n) is 20.6. The number of ether oxygens (including phenoxy) is 6. The second kappa shape index (κ2) is 37.5. The van der Waals surface area contributed by atoms with E-state index in [4.69, 9.17) is 46.1 Å². The van der Waals surface area contributed by atoms with E-state index in [1.54, 1.807) is 66.9 Å². The Bertz CT molecular complexity index is 2030. The molecule has 0 saturated carbocycles. The lowest BCUT2D eigenvalue weighted by atomic mass is 10.2. The summed E-state index contributed by atoms with van der Waals surface area (Å²) in [5.41, 5.74) is 2.02. The normalized spacial score (nSPS) is 9.72. The molecule has 0 aliphatic heterocycles. The summed E-state index contributed by atoms with van der Waals surface area (Å²) in [5.74, 6) is 4.79. The fourth-order valence-electron chi connectivity index (χ4n) is 4.85. The molecule has 7 rings (SSSR count). The van der Waals surface area contributed by atoms with Crippen molar-refractivity contribution in [2.75, 3.05) is 42.7 Å². The highest BCUT2D eigenvalue weighted by molar-refractivity contribution is 9.10. The molecular formula is C51H66Br2O11. The van der Waals surface area contributed by atoms with Gasteiger partial charge in [0.15, 0.2) is 34.0 Å². The number of benzene rings is 3. The summed E-state index contributed by atoms with van der Waals surface area (Å²) in [6.45, 7) is 13.9. The molecule has 0 atom stereocenters. The number of carbonyl (C=O) groups excluding carboxylic acids is 1. The Morgan fingerprint density at radius 3 is 1.11 bits per heavy atom. The minimum absolute atomic E-state index is 0.360. The Labute approximate surface area is 397 Å². The van der Waals surface area contributed by atoms with Crippen LogP contribution in [0, 0.1) is 6.92 Å². The van der Waals surface area contributed by atoms with Gasteiger partial charge in [-0.05, 0) is 83.5 Å². The Hall–Kier alpha value is -4.83. The molecule has 4 aromatic heterocycles. The number of aldehydes is 1. The molecule has 0 saturated heterocycles. The molecule has 11 nitrogen and oxygen atoms in total. The highest BCUT2D eigenvalue weighted by Gasteiger charge is 2.15. The second-order valence-electron chi connectivity index (χ2n) is 11.5. The van der Waals surface area contributed by atoms with Crippen molar-refractivity contribution < 1.29 is 50.9 Å². The van der Waals surface area contributed by atoms with Crippen LogP contribution in [0.3, 0.4) is 0 Å². The van der Waals surface area contributed by atoms with E-state index < -0.39 is 12.6 Å². The summed E-state index contributed by atoms with van der Waals surface area (Å²) in [5, 5.41) is 0. The quantitative estimate of drug-likeness (QED) is 0.0858. The van der Waals surface area contributed by atoms with E-state index in [0.717, 1.165) is 32.9 Å². The van der Waals surface area contributed by atoms with Gasteiger partial charge in [-0.2, -0.15) is 0 Å². The molecule has 0 amide bonds. The van der Waals surface area contributed by atoms with Crippen LogP contribution in [-0.4, -0.2) is 48.9 Å². The molecule has 0 spiro atoms. The van der Waals surface area contributed by atoms with Gasteiger partial charge < -0.3 is 46.1 Å². The minimum atomic E-state index is -0.447. The minimum Gasteiger partial charge on any atom is -0.461 e. The summed E-state index contributed by atoms with van der Waals surface area (Å²) < 4.78 is 53.3. The van der Waals surface area contributed by atoms with E-state index in [0.29, 0.717) is 34.0 Å². The van der Waals surface area contributed by atoms with Crippen LogP contribution >= 0.6 is 31.9 Å². The molecular weight excluding hydrogens is 948 g/mol. The zero-order valence-electron chi connectivity index (χ0n) is 39.3. The summed E-state index contributed by atoms with van der Waals surface area (Å²) in [4.78, 5) is 10.4. The second-order valence-corrected chi connectivity index (χ2v) is 13.2. The molecule has 0 fully saturated rings. The highest BCUT2D eigenvalue weighted by atomic mass is 79.9. The van der Waals surface area contributed by atoms with E-state index in [2.05, 4.69) is 31.9 Å². The molecule has 350 valence electrons. The van der Waals surface area contributed by atoms with Crippen molar-refractivity contribution in [1.82, 2.24) is 0 Å². The van der Waals surface area contributed by atoms with E-state index in [-0.39, 0.29) is 6.29 Å². The first kappa shape index (κ1) is 59.2. The van der Waals surface area contributed by atoms with Crippen molar-refractivity contribution in [3.8, 4) is 22.6 Å². The smallest absolute Gasteiger partial charge is 0.216 e. The van der Waals surface area contributed by atoms with Crippen molar-refractivity contribution in [1.29, 1.82) is 0 Å². The van der Waals surface area contributed by atoms with Gasteiger partial charge in [0.05, 0.1) is 0 Å². The third-order valence-corrected chi connectivity index (χ3v) is 8.51. The van der Waals surface area contributed by atoms with Gasteiger partial charge in [0.1, 0.15) is 17.3 Å². The van der Waals surface area contributed by atoms with Gasteiger partial charge in [0, 0.05) is 58.3 Å². The van der Waals surface area contributed by atoms with Crippen LogP contribution in [0.2, 0.25) is 0 Å². The lowest BCUT2D eigenvalue weighted by Gasteiger charge is -2.09. The Kier molecular flexibility index (Phi) is 34.7. The summed E-state index contributed by atoms with van der Waals surface area (Å²) in [7, 11) is 9.44. The fourth-order valence-corrected chi connectivity index (χ4v) is 5.47. The third-order valence-electron chi connectivity index (χ3n) is 7.56. The first-order chi connectivity index (χ1) is 31.2. The standard InChI is InChI=1S/C13H14O3.C11H8O2.C8H12O3.C7H9BrO3.C6H5Br.3C2H6/c1-14-13(15-2)12-9-8-11(16-12)10-6-4-3-5-7-10;12-8-10-6-7-11(13-10)9-4-2-1-3-5-9;1-6-4-5-7(11-6)8(9-2)10-3;1-9-7(10-2)5-3-4-6(8)11-5;7-6-4-2-1-3-5-6;3*1-2/h3-9,13H,1-2H3;1-8H;4-5,8H,1-3H3;3-4,7H,1-2H3;1-5H;3*1-2H3.